The number of likely N-dealkylation sites (tertiary alicyclic amines) is 1. The topological polar surface area (TPSA) is 55.2 Å². The van der Waals surface area contributed by atoms with Gasteiger partial charge in [-0.05, 0) is 37.5 Å². The number of hydrogen-bond donors (Lipinski definition) is 0. The smallest absolute Gasteiger partial charge is 0.341 e. The summed E-state index contributed by atoms with van der Waals surface area (Å²) >= 11 is 1.25. The molecular weight excluding hydrogens is 403 g/mol. The van der Waals surface area contributed by atoms with Crippen LogP contribution in [-0.4, -0.2) is 33.4 Å². The van der Waals surface area contributed by atoms with Crippen molar-refractivity contribution in [1.29, 1.82) is 0 Å². The summed E-state index contributed by atoms with van der Waals surface area (Å²) < 4.78 is 40.7. The van der Waals surface area contributed by atoms with Crippen molar-refractivity contribution in [3.8, 4) is 11.1 Å². The summed E-state index contributed by atoms with van der Waals surface area (Å²) in [5, 5.41) is 0.253. The summed E-state index contributed by atoms with van der Waals surface area (Å²) in [7, 11) is 0. The molecule has 0 unspecified atom stereocenters. The van der Waals surface area contributed by atoms with E-state index in [0.29, 0.717) is 33.9 Å². The lowest BCUT2D eigenvalue weighted by molar-refractivity contribution is -0.137. The number of rotatable bonds is 3. The summed E-state index contributed by atoms with van der Waals surface area (Å²) in [6, 6.07) is 4.92. The van der Waals surface area contributed by atoms with Crippen LogP contribution in [-0.2, 0) is 17.5 Å². The zero-order chi connectivity index (χ0) is 20.8. The van der Waals surface area contributed by atoms with E-state index in [2.05, 4.69) is 4.98 Å². The molecule has 29 heavy (non-hydrogen) atoms. The zero-order valence-corrected chi connectivity index (χ0v) is 16.4. The molecule has 4 rings (SSSR count). The summed E-state index contributed by atoms with van der Waals surface area (Å²) in [4.78, 5) is 32.7. The van der Waals surface area contributed by atoms with E-state index in [-0.39, 0.29) is 17.8 Å². The Bertz CT molecular complexity index is 1140. The molecular formula is C20H18F3N3O2S. The van der Waals surface area contributed by atoms with Crippen molar-refractivity contribution in [1.82, 2.24) is 14.5 Å². The SMILES string of the molecule is Cc1sc2ncn(CC(=O)N3CCCC3)c(=O)c2c1-c1cccc(C(F)(F)F)c1. The van der Waals surface area contributed by atoms with Crippen molar-refractivity contribution in [2.75, 3.05) is 13.1 Å². The van der Waals surface area contributed by atoms with Gasteiger partial charge in [0, 0.05) is 23.5 Å². The second-order valence-corrected chi connectivity index (χ2v) is 8.26. The Labute approximate surface area is 168 Å². The molecule has 1 fully saturated rings. The lowest BCUT2D eigenvalue weighted by Gasteiger charge is -2.15. The highest BCUT2D eigenvalue weighted by atomic mass is 32.1. The molecule has 0 atom stereocenters. The van der Waals surface area contributed by atoms with Crippen LogP contribution in [0.1, 0.15) is 23.3 Å². The fourth-order valence-corrected chi connectivity index (χ4v) is 4.66. The summed E-state index contributed by atoms with van der Waals surface area (Å²) in [6.45, 7) is 2.98. The van der Waals surface area contributed by atoms with E-state index in [1.165, 1.54) is 28.3 Å². The normalized spacial score (nSPS) is 14.7. The van der Waals surface area contributed by atoms with E-state index >= 15 is 0 Å². The van der Waals surface area contributed by atoms with Gasteiger partial charge in [-0.15, -0.1) is 11.3 Å². The van der Waals surface area contributed by atoms with E-state index in [4.69, 9.17) is 0 Å². The van der Waals surface area contributed by atoms with Crippen molar-refractivity contribution < 1.29 is 18.0 Å². The van der Waals surface area contributed by atoms with Gasteiger partial charge in [-0.3, -0.25) is 14.2 Å². The lowest BCUT2D eigenvalue weighted by atomic mass is 10.0. The number of carbonyl (C=O) groups is 1. The van der Waals surface area contributed by atoms with Crippen LogP contribution in [0.15, 0.2) is 35.4 Å². The van der Waals surface area contributed by atoms with Crippen LogP contribution in [0.2, 0.25) is 0 Å². The maximum absolute atomic E-state index is 13.1. The number of hydrogen-bond acceptors (Lipinski definition) is 4. The molecule has 1 saturated heterocycles. The van der Waals surface area contributed by atoms with Crippen LogP contribution in [0, 0.1) is 6.92 Å². The van der Waals surface area contributed by atoms with E-state index in [0.717, 1.165) is 25.0 Å². The highest BCUT2D eigenvalue weighted by molar-refractivity contribution is 7.19. The molecule has 152 valence electrons. The van der Waals surface area contributed by atoms with Gasteiger partial charge in [0.2, 0.25) is 5.91 Å². The molecule has 1 aromatic carbocycles. The van der Waals surface area contributed by atoms with E-state index in [1.807, 2.05) is 0 Å². The Morgan fingerprint density at radius 3 is 2.66 bits per heavy atom. The van der Waals surface area contributed by atoms with E-state index in [9.17, 15) is 22.8 Å². The fraction of sp³-hybridized carbons (Fsp3) is 0.350. The number of carbonyl (C=O) groups excluding carboxylic acids is 1. The van der Waals surface area contributed by atoms with Crippen molar-refractivity contribution in [3.63, 3.8) is 0 Å². The van der Waals surface area contributed by atoms with Crippen molar-refractivity contribution in [2.24, 2.45) is 0 Å². The number of amides is 1. The quantitative estimate of drug-likeness (QED) is 0.641. The van der Waals surface area contributed by atoms with Gasteiger partial charge in [0.05, 0.1) is 17.3 Å². The van der Waals surface area contributed by atoms with Crippen LogP contribution in [0.3, 0.4) is 0 Å². The minimum Gasteiger partial charge on any atom is -0.341 e. The van der Waals surface area contributed by atoms with E-state index in [1.54, 1.807) is 17.9 Å². The molecule has 0 saturated carbocycles. The Hall–Kier alpha value is -2.68. The molecule has 1 aliphatic rings. The van der Waals surface area contributed by atoms with Crippen molar-refractivity contribution in [2.45, 2.75) is 32.5 Å². The largest absolute Gasteiger partial charge is 0.416 e. The number of alkyl halides is 3. The van der Waals surface area contributed by atoms with Gasteiger partial charge >= 0.3 is 6.18 Å². The number of aromatic nitrogens is 2. The number of aryl methyl sites for hydroxylation is 1. The van der Waals surface area contributed by atoms with Crippen LogP contribution in [0.25, 0.3) is 21.3 Å². The molecule has 2 aromatic heterocycles. The predicted octanol–water partition coefficient (Wildman–Crippen LogP) is 4.07. The molecule has 0 radical (unpaired) electrons. The maximum atomic E-state index is 13.1. The number of nitrogens with zero attached hydrogens (tertiary/aromatic N) is 3. The monoisotopic (exact) mass is 421 g/mol. The summed E-state index contributed by atoms with van der Waals surface area (Å²) in [5.74, 6) is -0.154. The average molecular weight is 421 g/mol. The maximum Gasteiger partial charge on any atom is 0.416 e. The second kappa shape index (κ2) is 7.29. The van der Waals surface area contributed by atoms with Crippen LogP contribution in [0.5, 0.6) is 0 Å². The lowest BCUT2D eigenvalue weighted by Crippen LogP contribution is -2.34. The fourth-order valence-electron chi connectivity index (χ4n) is 3.66. The first kappa shape index (κ1) is 19.6. The molecule has 9 heteroatoms. The molecule has 3 aromatic rings. The minimum atomic E-state index is -4.48. The van der Waals surface area contributed by atoms with Gasteiger partial charge in [0.15, 0.2) is 0 Å². The van der Waals surface area contributed by atoms with Crippen LogP contribution >= 0.6 is 11.3 Å². The van der Waals surface area contributed by atoms with Gasteiger partial charge in [-0.25, -0.2) is 4.98 Å². The summed E-state index contributed by atoms with van der Waals surface area (Å²) in [5.41, 5.74) is -0.441. The molecule has 5 nitrogen and oxygen atoms in total. The third kappa shape index (κ3) is 3.66. The Balaban J connectivity index is 1.80. The first-order chi connectivity index (χ1) is 13.8. The average Bonchev–Trinajstić information content (AvgIpc) is 3.31. The van der Waals surface area contributed by atoms with Gasteiger partial charge in [-0.2, -0.15) is 13.2 Å². The zero-order valence-electron chi connectivity index (χ0n) is 15.6. The summed E-state index contributed by atoms with van der Waals surface area (Å²) in [6.07, 6.45) is -1.25. The number of fused-ring (bicyclic) bond motifs is 1. The van der Waals surface area contributed by atoms with Crippen molar-refractivity contribution >= 4 is 27.5 Å². The Morgan fingerprint density at radius 1 is 1.24 bits per heavy atom. The van der Waals surface area contributed by atoms with Crippen LogP contribution < -0.4 is 5.56 Å². The van der Waals surface area contributed by atoms with Gasteiger partial charge in [-0.1, -0.05) is 12.1 Å². The van der Waals surface area contributed by atoms with E-state index < -0.39 is 17.3 Å². The third-order valence-corrected chi connectivity index (χ3v) is 6.11. The molecule has 1 aliphatic heterocycles. The Kier molecular flexibility index (Phi) is 4.94. The minimum absolute atomic E-state index is 0.126. The van der Waals surface area contributed by atoms with Crippen molar-refractivity contribution in [3.05, 3.63) is 51.4 Å². The van der Waals surface area contributed by atoms with Crippen LogP contribution in [0.4, 0.5) is 13.2 Å². The highest BCUT2D eigenvalue weighted by Gasteiger charge is 2.31. The first-order valence-corrected chi connectivity index (χ1v) is 10.0. The standard InChI is InChI=1S/C20H18F3N3O2S/c1-12-16(13-5-4-6-14(9-13)20(21,22)23)17-18(29-12)24-11-26(19(17)28)10-15(27)25-7-2-3-8-25/h4-6,9,11H,2-3,7-8,10H2,1H3. The number of benzene rings is 1. The molecule has 0 bridgehead atoms. The molecule has 0 N–H and O–H groups in total. The first-order valence-electron chi connectivity index (χ1n) is 9.19. The Morgan fingerprint density at radius 2 is 1.97 bits per heavy atom. The highest BCUT2D eigenvalue weighted by Crippen LogP contribution is 2.38. The molecule has 1 amide bonds. The third-order valence-electron chi connectivity index (χ3n) is 5.10. The van der Waals surface area contributed by atoms with Gasteiger partial charge in [0.25, 0.3) is 5.56 Å². The van der Waals surface area contributed by atoms with Gasteiger partial charge in [0.1, 0.15) is 11.4 Å². The second-order valence-electron chi connectivity index (χ2n) is 7.06. The predicted molar refractivity (Wildman–Crippen MR) is 105 cm³/mol. The molecule has 0 aliphatic carbocycles. The number of thiophene rings is 1. The molecule has 0 spiro atoms. The van der Waals surface area contributed by atoms with Gasteiger partial charge < -0.3 is 4.90 Å². The molecule has 3 heterocycles. The number of halogens is 3.